The van der Waals surface area contributed by atoms with Gasteiger partial charge in [-0.05, 0) is 25.7 Å². The molecule has 0 saturated heterocycles. The summed E-state index contributed by atoms with van der Waals surface area (Å²) < 4.78 is 5.91. The number of aliphatic hydroxyl groups is 2. The van der Waals surface area contributed by atoms with E-state index in [0.717, 1.165) is 38.5 Å². The summed E-state index contributed by atoms with van der Waals surface area (Å²) in [5, 5.41) is 23.7. The van der Waals surface area contributed by atoms with Crippen molar-refractivity contribution >= 4 is 11.9 Å². The highest BCUT2D eigenvalue weighted by molar-refractivity contribution is 5.77. The fourth-order valence-electron chi connectivity index (χ4n) is 7.73. The van der Waals surface area contributed by atoms with Gasteiger partial charge >= 0.3 is 5.97 Å². The zero-order valence-electron chi connectivity index (χ0n) is 36.6. The number of amides is 1. The molecular formula is C48H95NO5. The zero-order chi connectivity index (χ0) is 39.6. The largest absolute Gasteiger partial charge is 0.462 e. The van der Waals surface area contributed by atoms with Crippen molar-refractivity contribution in [3.05, 3.63) is 0 Å². The highest BCUT2D eigenvalue weighted by atomic mass is 16.5. The molecule has 0 spiro atoms. The maximum Gasteiger partial charge on any atom is 0.306 e. The summed E-state index contributed by atoms with van der Waals surface area (Å²) in [5.74, 6) is -0.456. The van der Waals surface area contributed by atoms with Crippen LogP contribution < -0.4 is 5.32 Å². The molecule has 0 bridgehead atoms. The number of aliphatic hydroxyl groups excluding tert-OH is 2. The normalized spacial score (nSPS) is 13.2. The molecule has 0 aromatic carbocycles. The standard InChI is InChI=1S/C48H95NO5/c1-4-7-10-13-16-19-22-24-26-29-32-35-38-41-48(53)54-44(39-36-33-30-27-21-18-15-12-9-6-3)42-47(52)49-45(43-50)46(51)40-37-34-31-28-25-23-20-17-14-11-8-5-2/h44-46,50-51H,4-43H2,1-3H3,(H,49,52). The first kappa shape index (κ1) is 52.9. The maximum absolute atomic E-state index is 13.1. The lowest BCUT2D eigenvalue weighted by Gasteiger charge is -2.24. The van der Waals surface area contributed by atoms with Crippen LogP contribution in [0.1, 0.15) is 271 Å². The average molecular weight is 766 g/mol. The Balaban J connectivity index is 4.49. The number of rotatable bonds is 44. The van der Waals surface area contributed by atoms with Crippen LogP contribution >= 0.6 is 0 Å². The molecule has 1 amide bonds. The molecule has 0 aliphatic rings. The molecule has 0 heterocycles. The summed E-state index contributed by atoms with van der Waals surface area (Å²) in [6.07, 6.45) is 44.4. The number of carbonyl (C=O) groups excluding carboxylic acids is 2. The third kappa shape index (κ3) is 37.8. The van der Waals surface area contributed by atoms with Crippen LogP contribution in [-0.2, 0) is 14.3 Å². The van der Waals surface area contributed by atoms with E-state index in [1.165, 1.54) is 186 Å². The Morgan fingerprint density at radius 1 is 0.463 bits per heavy atom. The number of unbranched alkanes of at least 4 members (excludes halogenated alkanes) is 32. The van der Waals surface area contributed by atoms with Crippen molar-refractivity contribution in [1.82, 2.24) is 5.32 Å². The van der Waals surface area contributed by atoms with Crippen LogP contribution in [-0.4, -0.2) is 46.9 Å². The quantitative estimate of drug-likeness (QED) is 0.0424. The van der Waals surface area contributed by atoms with Gasteiger partial charge in [0, 0.05) is 6.42 Å². The Labute approximate surface area is 336 Å². The van der Waals surface area contributed by atoms with Crippen molar-refractivity contribution in [2.24, 2.45) is 0 Å². The molecule has 0 rings (SSSR count). The Morgan fingerprint density at radius 2 is 0.778 bits per heavy atom. The van der Waals surface area contributed by atoms with E-state index in [2.05, 4.69) is 26.1 Å². The summed E-state index contributed by atoms with van der Waals surface area (Å²) in [5.41, 5.74) is 0. The van der Waals surface area contributed by atoms with Crippen LogP contribution in [0, 0.1) is 0 Å². The van der Waals surface area contributed by atoms with Crippen LogP contribution in [0.4, 0.5) is 0 Å². The first-order valence-corrected chi connectivity index (χ1v) is 24.3. The van der Waals surface area contributed by atoms with E-state index in [1.54, 1.807) is 0 Å². The van der Waals surface area contributed by atoms with Gasteiger partial charge in [-0.15, -0.1) is 0 Å². The third-order valence-electron chi connectivity index (χ3n) is 11.4. The van der Waals surface area contributed by atoms with Gasteiger partial charge in [-0.1, -0.05) is 233 Å². The predicted octanol–water partition coefficient (Wildman–Crippen LogP) is 14.0. The number of ether oxygens (including phenoxy) is 1. The van der Waals surface area contributed by atoms with Crippen molar-refractivity contribution in [2.75, 3.05) is 6.61 Å². The topological polar surface area (TPSA) is 95.9 Å². The van der Waals surface area contributed by atoms with Crippen molar-refractivity contribution in [2.45, 2.75) is 289 Å². The van der Waals surface area contributed by atoms with Gasteiger partial charge in [-0.25, -0.2) is 0 Å². The molecule has 54 heavy (non-hydrogen) atoms. The second-order valence-electron chi connectivity index (χ2n) is 16.9. The molecule has 3 N–H and O–H groups in total. The number of hydrogen-bond donors (Lipinski definition) is 3. The molecule has 0 aliphatic carbocycles. The Kier molecular flexibility index (Phi) is 42.1. The van der Waals surface area contributed by atoms with Crippen LogP contribution in [0.5, 0.6) is 0 Å². The van der Waals surface area contributed by atoms with Gasteiger partial charge in [0.25, 0.3) is 0 Å². The lowest BCUT2D eigenvalue weighted by molar-refractivity contribution is -0.151. The van der Waals surface area contributed by atoms with Crippen LogP contribution in [0.2, 0.25) is 0 Å². The Morgan fingerprint density at radius 3 is 1.13 bits per heavy atom. The molecule has 6 nitrogen and oxygen atoms in total. The molecule has 0 aromatic heterocycles. The van der Waals surface area contributed by atoms with Gasteiger partial charge in [0.2, 0.25) is 5.91 Å². The molecule has 0 saturated carbocycles. The minimum atomic E-state index is -0.777. The van der Waals surface area contributed by atoms with Gasteiger partial charge in [0.15, 0.2) is 0 Å². The van der Waals surface area contributed by atoms with Crippen molar-refractivity contribution in [1.29, 1.82) is 0 Å². The summed E-state index contributed by atoms with van der Waals surface area (Å²) >= 11 is 0. The first-order chi connectivity index (χ1) is 26.5. The van der Waals surface area contributed by atoms with Crippen LogP contribution in [0.3, 0.4) is 0 Å². The van der Waals surface area contributed by atoms with Crippen molar-refractivity contribution in [3.8, 4) is 0 Å². The molecule has 3 unspecified atom stereocenters. The van der Waals surface area contributed by atoms with Crippen LogP contribution in [0.25, 0.3) is 0 Å². The number of esters is 1. The molecule has 0 aromatic rings. The Bertz CT molecular complexity index is 776. The number of nitrogens with one attached hydrogen (secondary N) is 1. The van der Waals surface area contributed by atoms with Gasteiger partial charge in [0.05, 0.1) is 25.2 Å². The average Bonchev–Trinajstić information content (AvgIpc) is 3.16. The lowest BCUT2D eigenvalue weighted by atomic mass is 10.0. The molecule has 322 valence electrons. The SMILES string of the molecule is CCCCCCCCCCCCCCCC(=O)OC(CCCCCCCCCCCC)CC(=O)NC(CO)C(O)CCCCCCCCCCCCCC. The molecule has 3 atom stereocenters. The van der Waals surface area contributed by atoms with Gasteiger partial charge in [0.1, 0.15) is 6.10 Å². The van der Waals surface area contributed by atoms with E-state index >= 15 is 0 Å². The third-order valence-corrected chi connectivity index (χ3v) is 11.4. The maximum atomic E-state index is 13.1. The van der Waals surface area contributed by atoms with Gasteiger partial charge in [-0.2, -0.15) is 0 Å². The highest BCUT2D eigenvalue weighted by Gasteiger charge is 2.24. The fraction of sp³-hybridized carbons (Fsp3) is 0.958. The molecule has 6 heteroatoms. The van der Waals surface area contributed by atoms with E-state index < -0.39 is 18.2 Å². The summed E-state index contributed by atoms with van der Waals surface area (Å²) in [6, 6.07) is -0.690. The monoisotopic (exact) mass is 766 g/mol. The van der Waals surface area contributed by atoms with Gasteiger partial charge < -0.3 is 20.3 Å². The van der Waals surface area contributed by atoms with Crippen molar-refractivity contribution in [3.63, 3.8) is 0 Å². The molecule has 0 fully saturated rings. The zero-order valence-corrected chi connectivity index (χ0v) is 36.6. The smallest absolute Gasteiger partial charge is 0.306 e. The second kappa shape index (κ2) is 43.0. The van der Waals surface area contributed by atoms with E-state index in [9.17, 15) is 19.8 Å². The summed E-state index contributed by atoms with van der Waals surface area (Å²) in [7, 11) is 0. The predicted molar refractivity (Wildman–Crippen MR) is 232 cm³/mol. The molecule has 0 aliphatic heterocycles. The minimum Gasteiger partial charge on any atom is -0.462 e. The lowest BCUT2D eigenvalue weighted by Crippen LogP contribution is -2.46. The van der Waals surface area contributed by atoms with E-state index in [0.29, 0.717) is 19.3 Å². The summed E-state index contributed by atoms with van der Waals surface area (Å²) in [6.45, 7) is 6.48. The molecule has 0 radical (unpaired) electrons. The second-order valence-corrected chi connectivity index (χ2v) is 16.9. The van der Waals surface area contributed by atoms with E-state index in [-0.39, 0.29) is 24.9 Å². The van der Waals surface area contributed by atoms with E-state index in [4.69, 9.17) is 4.74 Å². The number of carbonyl (C=O) groups is 2. The Hall–Kier alpha value is -1.14. The van der Waals surface area contributed by atoms with Crippen molar-refractivity contribution < 1.29 is 24.5 Å². The van der Waals surface area contributed by atoms with Gasteiger partial charge in [-0.3, -0.25) is 9.59 Å². The molecular weight excluding hydrogens is 671 g/mol. The minimum absolute atomic E-state index is 0.0869. The highest BCUT2D eigenvalue weighted by Crippen LogP contribution is 2.18. The number of hydrogen-bond acceptors (Lipinski definition) is 5. The van der Waals surface area contributed by atoms with E-state index in [1.807, 2.05) is 0 Å². The van der Waals surface area contributed by atoms with Crippen LogP contribution in [0.15, 0.2) is 0 Å². The summed E-state index contributed by atoms with van der Waals surface area (Å²) in [4.78, 5) is 26.0. The fourth-order valence-corrected chi connectivity index (χ4v) is 7.73. The first-order valence-electron chi connectivity index (χ1n) is 24.3.